The fourth-order valence-electron chi connectivity index (χ4n) is 2.55. The van der Waals surface area contributed by atoms with Gasteiger partial charge in [0, 0.05) is 17.1 Å². The summed E-state index contributed by atoms with van der Waals surface area (Å²) in [6.45, 7) is 2.21. The summed E-state index contributed by atoms with van der Waals surface area (Å²) < 4.78 is 13.4. The van der Waals surface area contributed by atoms with Gasteiger partial charge in [-0.3, -0.25) is 0 Å². The summed E-state index contributed by atoms with van der Waals surface area (Å²) in [6, 6.07) is 4.05. The van der Waals surface area contributed by atoms with Crippen LogP contribution in [0.15, 0.2) is 12.1 Å². The van der Waals surface area contributed by atoms with E-state index in [1.165, 1.54) is 31.4 Å². The summed E-state index contributed by atoms with van der Waals surface area (Å²) in [4.78, 5) is 0. The predicted octanol–water partition coefficient (Wildman–Crippen LogP) is 4.60. The smallest absolute Gasteiger partial charge is 0.142 e. The highest BCUT2D eigenvalue weighted by Gasteiger charge is 2.18. The van der Waals surface area contributed by atoms with Crippen LogP contribution >= 0.6 is 23.2 Å². The topological polar surface area (TPSA) is 12.0 Å². The first-order chi connectivity index (χ1) is 8.56. The van der Waals surface area contributed by atoms with Gasteiger partial charge < -0.3 is 5.32 Å². The van der Waals surface area contributed by atoms with Crippen LogP contribution in [-0.2, 0) is 6.42 Å². The second-order valence-electron chi connectivity index (χ2n) is 5.09. The van der Waals surface area contributed by atoms with Crippen LogP contribution in [0.5, 0.6) is 0 Å². The summed E-state index contributed by atoms with van der Waals surface area (Å²) in [6.07, 6.45) is 5.48. The normalized spacial score (nSPS) is 24.2. The zero-order valence-electron chi connectivity index (χ0n) is 10.5. The minimum Gasteiger partial charge on any atom is -0.311 e. The minimum atomic E-state index is -0.388. The van der Waals surface area contributed by atoms with Gasteiger partial charge in [0.05, 0.1) is 5.02 Å². The van der Waals surface area contributed by atoms with E-state index in [-0.39, 0.29) is 10.8 Å². The Bertz CT molecular complexity index is 423. The number of hydrogen-bond acceptors (Lipinski definition) is 1. The highest BCUT2D eigenvalue weighted by molar-refractivity contribution is 6.35. The van der Waals surface area contributed by atoms with E-state index in [9.17, 15) is 4.39 Å². The highest BCUT2D eigenvalue weighted by atomic mass is 35.5. The summed E-state index contributed by atoms with van der Waals surface area (Å²) in [5.41, 5.74) is 0.846. The molecule has 1 heterocycles. The number of hydrogen-bond donors (Lipinski definition) is 1. The van der Waals surface area contributed by atoms with Gasteiger partial charge in [-0.25, -0.2) is 4.39 Å². The van der Waals surface area contributed by atoms with E-state index < -0.39 is 0 Å². The first-order valence-corrected chi connectivity index (χ1v) is 7.21. The Morgan fingerprint density at radius 3 is 2.78 bits per heavy atom. The molecular weight excluding hydrogens is 272 g/mol. The molecule has 1 saturated heterocycles. The Labute approximate surface area is 118 Å². The Balaban J connectivity index is 1.95. The molecule has 1 aliphatic heterocycles. The molecule has 0 radical (unpaired) electrons. The molecule has 2 rings (SSSR count). The molecule has 1 aromatic carbocycles. The summed E-state index contributed by atoms with van der Waals surface area (Å²) >= 11 is 11.8. The standard InChI is InChI=1S/C14H18Cl2FN/c1-9-3-2-4-11(18-9)6-5-10-7-14(17)13(16)8-12(10)15/h7-9,11,18H,2-6H2,1H3. The van der Waals surface area contributed by atoms with Crippen molar-refractivity contribution in [3.8, 4) is 0 Å². The maximum atomic E-state index is 13.4. The van der Waals surface area contributed by atoms with Crippen molar-refractivity contribution in [1.82, 2.24) is 5.32 Å². The van der Waals surface area contributed by atoms with E-state index in [0.717, 1.165) is 18.4 Å². The number of rotatable bonds is 3. The van der Waals surface area contributed by atoms with Gasteiger partial charge >= 0.3 is 0 Å². The van der Waals surface area contributed by atoms with E-state index in [4.69, 9.17) is 23.2 Å². The molecule has 2 atom stereocenters. The summed E-state index contributed by atoms with van der Waals surface area (Å²) in [7, 11) is 0. The second kappa shape index (κ2) is 6.23. The maximum Gasteiger partial charge on any atom is 0.142 e. The SMILES string of the molecule is CC1CCCC(CCc2cc(F)c(Cl)cc2Cl)N1. The average Bonchev–Trinajstić information content (AvgIpc) is 2.32. The number of piperidine rings is 1. The van der Waals surface area contributed by atoms with Gasteiger partial charge in [-0.2, -0.15) is 0 Å². The zero-order valence-corrected chi connectivity index (χ0v) is 12.0. The largest absolute Gasteiger partial charge is 0.311 e. The molecule has 1 N–H and O–H groups in total. The lowest BCUT2D eigenvalue weighted by atomic mass is 9.95. The molecule has 0 spiro atoms. The van der Waals surface area contributed by atoms with Crippen molar-refractivity contribution in [3.63, 3.8) is 0 Å². The fourth-order valence-corrected chi connectivity index (χ4v) is 3.03. The van der Waals surface area contributed by atoms with Gasteiger partial charge in [0.25, 0.3) is 0 Å². The van der Waals surface area contributed by atoms with Crippen LogP contribution in [0, 0.1) is 5.82 Å². The van der Waals surface area contributed by atoms with Crippen molar-refractivity contribution in [2.75, 3.05) is 0 Å². The fraction of sp³-hybridized carbons (Fsp3) is 0.571. The van der Waals surface area contributed by atoms with Crippen molar-refractivity contribution < 1.29 is 4.39 Å². The van der Waals surface area contributed by atoms with Crippen molar-refractivity contribution in [2.45, 2.75) is 51.1 Å². The van der Waals surface area contributed by atoms with Crippen LogP contribution in [0.3, 0.4) is 0 Å². The summed E-state index contributed by atoms with van der Waals surface area (Å²) in [5, 5.41) is 4.22. The third kappa shape index (κ3) is 3.59. The first-order valence-electron chi connectivity index (χ1n) is 6.45. The van der Waals surface area contributed by atoms with E-state index in [0.29, 0.717) is 17.1 Å². The monoisotopic (exact) mass is 289 g/mol. The highest BCUT2D eigenvalue weighted by Crippen LogP contribution is 2.26. The van der Waals surface area contributed by atoms with Gasteiger partial charge in [-0.1, -0.05) is 29.6 Å². The van der Waals surface area contributed by atoms with Gasteiger partial charge in [0.15, 0.2) is 0 Å². The van der Waals surface area contributed by atoms with Crippen molar-refractivity contribution >= 4 is 23.2 Å². The molecule has 2 unspecified atom stereocenters. The van der Waals surface area contributed by atoms with Crippen LogP contribution in [0.25, 0.3) is 0 Å². The first kappa shape index (κ1) is 14.1. The number of benzene rings is 1. The van der Waals surface area contributed by atoms with Crippen molar-refractivity contribution in [2.24, 2.45) is 0 Å². The third-order valence-corrected chi connectivity index (χ3v) is 4.20. The molecule has 4 heteroatoms. The number of aryl methyl sites for hydroxylation is 1. The molecule has 100 valence electrons. The molecule has 1 nitrogen and oxygen atoms in total. The molecule has 1 aromatic rings. The van der Waals surface area contributed by atoms with Crippen LogP contribution in [0.2, 0.25) is 10.0 Å². The second-order valence-corrected chi connectivity index (χ2v) is 5.91. The molecular formula is C14H18Cl2FN. The lowest BCUT2D eigenvalue weighted by molar-refractivity contribution is 0.322. The Morgan fingerprint density at radius 2 is 2.06 bits per heavy atom. The molecule has 1 aliphatic rings. The molecule has 0 aromatic heterocycles. The van der Waals surface area contributed by atoms with Crippen LogP contribution in [0.4, 0.5) is 4.39 Å². The molecule has 1 fully saturated rings. The van der Waals surface area contributed by atoms with E-state index in [1.807, 2.05) is 0 Å². The lowest BCUT2D eigenvalue weighted by Crippen LogP contribution is -2.40. The zero-order chi connectivity index (χ0) is 13.1. The maximum absolute atomic E-state index is 13.4. The van der Waals surface area contributed by atoms with Crippen molar-refractivity contribution in [3.05, 3.63) is 33.6 Å². The quantitative estimate of drug-likeness (QED) is 0.802. The Morgan fingerprint density at radius 1 is 1.28 bits per heavy atom. The molecule has 18 heavy (non-hydrogen) atoms. The number of halogens is 3. The summed E-state index contributed by atoms with van der Waals surface area (Å²) in [5.74, 6) is -0.388. The molecule has 0 aliphatic carbocycles. The van der Waals surface area contributed by atoms with Gasteiger partial charge in [0.1, 0.15) is 5.82 Å². The molecule has 0 bridgehead atoms. The Kier molecular flexibility index (Phi) is 4.88. The Hall–Kier alpha value is -0.310. The van der Waals surface area contributed by atoms with Crippen LogP contribution < -0.4 is 5.32 Å². The minimum absolute atomic E-state index is 0.0909. The van der Waals surface area contributed by atoms with E-state index >= 15 is 0 Å². The van der Waals surface area contributed by atoms with E-state index in [2.05, 4.69) is 12.2 Å². The van der Waals surface area contributed by atoms with Crippen LogP contribution in [0.1, 0.15) is 38.2 Å². The van der Waals surface area contributed by atoms with Gasteiger partial charge in [-0.15, -0.1) is 0 Å². The average molecular weight is 290 g/mol. The molecule has 0 amide bonds. The lowest BCUT2D eigenvalue weighted by Gasteiger charge is -2.28. The molecule has 0 saturated carbocycles. The predicted molar refractivity (Wildman–Crippen MR) is 75.0 cm³/mol. The van der Waals surface area contributed by atoms with Crippen molar-refractivity contribution in [1.29, 1.82) is 0 Å². The van der Waals surface area contributed by atoms with Gasteiger partial charge in [-0.05, 0) is 50.3 Å². The third-order valence-electron chi connectivity index (χ3n) is 3.56. The van der Waals surface area contributed by atoms with Gasteiger partial charge in [0.2, 0.25) is 0 Å². The van der Waals surface area contributed by atoms with Crippen LogP contribution in [-0.4, -0.2) is 12.1 Å². The van der Waals surface area contributed by atoms with E-state index in [1.54, 1.807) is 0 Å². The number of nitrogens with one attached hydrogen (secondary N) is 1.